The van der Waals surface area contributed by atoms with Crippen LogP contribution in [0.4, 0.5) is 5.69 Å². The minimum absolute atomic E-state index is 0.0752. The highest BCUT2D eigenvalue weighted by Crippen LogP contribution is 2.30. The standard InChI is InChI=1S/C24H29ClN2O5S2/c25-19-11-10-18(34(30,31)27-12-6-1-2-7-13-27)15-20(19)26-23(28)16-32-24(29)22-14-17-8-4-3-5-9-21(17)33-22/h10-11,14-15H,1-9,12-13,16H2,(H,26,28). The highest BCUT2D eigenvalue weighted by molar-refractivity contribution is 7.89. The minimum Gasteiger partial charge on any atom is -0.451 e. The van der Waals surface area contributed by atoms with E-state index in [1.54, 1.807) is 0 Å². The summed E-state index contributed by atoms with van der Waals surface area (Å²) < 4.78 is 32.8. The van der Waals surface area contributed by atoms with Gasteiger partial charge in [-0.2, -0.15) is 4.31 Å². The zero-order chi connectivity index (χ0) is 24.1. The van der Waals surface area contributed by atoms with E-state index in [-0.39, 0.29) is 15.6 Å². The van der Waals surface area contributed by atoms with Crippen LogP contribution in [0.15, 0.2) is 29.2 Å². The molecule has 184 valence electrons. The van der Waals surface area contributed by atoms with E-state index in [0.29, 0.717) is 18.0 Å². The number of esters is 1. The fraction of sp³-hybridized carbons (Fsp3) is 0.500. The highest BCUT2D eigenvalue weighted by atomic mass is 35.5. The van der Waals surface area contributed by atoms with E-state index in [2.05, 4.69) is 5.32 Å². The number of amides is 1. The third-order valence-corrected chi connectivity index (χ3v) is 9.64. The van der Waals surface area contributed by atoms with Crippen LogP contribution in [0.3, 0.4) is 0 Å². The molecule has 2 heterocycles. The summed E-state index contributed by atoms with van der Waals surface area (Å²) in [5.41, 5.74) is 1.37. The average Bonchev–Trinajstić information content (AvgIpc) is 2.99. The predicted molar refractivity (Wildman–Crippen MR) is 133 cm³/mol. The van der Waals surface area contributed by atoms with Crippen molar-refractivity contribution >= 4 is 50.5 Å². The quantitative estimate of drug-likeness (QED) is 0.422. The molecule has 1 aliphatic carbocycles. The van der Waals surface area contributed by atoms with Crippen LogP contribution in [0.25, 0.3) is 0 Å². The van der Waals surface area contributed by atoms with Crippen LogP contribution >= 0.6 is 22.9 Å². The molecule has 0 atom stereocenters. The molecule has 7 nitrogen and oxygen atoms in total. The Morgan fingerprint density at radius 3 is 2.47 bits per heavy atom. The molecule has 0 radical (unpaired) electrons. The summed E-state index contributed by atoms with van der Waals surface area (Å²) >= 11 is 7.64. The van der Waals surface area contributed by atoms with Crippen molar-refractivity contribution in [2.75, 3.05) is 25.0 Å². The number of fused-ring (bicyclic) bond motifs is 1. The summed E-state index contributed by atoms with van der Waals surface area (Å²) in [6.45, 7) is 0.477. The van der Waals surface area contributed by atoms with E-state index in [1.807, 2.05) is 6.07 Å². The fourth-order valence-electron chi connectivity index (χ4n) is 4.35. The lowest BCUT2D eigenvalue weighted by Crippen LogP contribution is -2.32. The van der Waals surface area contributed by atoms with Crippen molar-refractivity contribution in [2.45, 2.75) is 62.7 Å². The van der Waals surface area contributed by atoms with Gasteiger partial charge in [0, 0.05) is 18.0 Å². The van der Waals surface area contributed by atoms with Crippen molar-refractivity contribution in [1.29, 1.82) is 0 Å². The van der Waals surface area contributed by atoms with Gasteiger partial charge in [-0.15, -0.1) is 11.3 Å². The van der Waals surface area contributed by atoms with E-state index >= 15 is 0 Å². The van der Waals surface area contributed by atoms with Crippen molar-refractivity contribution in [2.24, 2.45) is 0 Å². The van der Waals surface area contributed by atoms with Crippen molar-refractivity contribution < 1.29 is 22.7 Å². The van der Waals surface area contributed by atoms with E-state index in [1.165, 1.54) is 50.7 Å². The molecule has 1 fully saturated rings. The minimum atomic E-state index is -3.69. The molecule has 1 amide bonds. The Hall–Kier alpha value is -1.94. The van der Waals surface area contributed by atoms with E-state index in [9.17, 15) is 18.0 Å². The Labute approximate surface area is 209 Å². The molecule has 10 heteroatoms. The smallest absolute Gasteiger partial charge is 0.348 e. The van der Waals surface area contributed by atoms with Crippen LogP contribution in [-0.2, 0) is 32.4 Å². The van der Waals surface area contributed by atoms with Gasteiger partial charge in [-0.25, -0.2) is 13.2 Å². The number of halogens is 1. The normalized spacial score (nSPS) is 17.3. The molecule has 0 unspecified atom stereocenters. The molecule has 4 rings (SSSR count). The van der Waals surface area contributed by atoms with Gasteiger partial charge in [0.15, 0.2) is 6.61 Å². The summed E-state index contributed by atoms with van der Waals surface area (Å²) in [6.07, 6.45) is 9.07. The largest absolute Gasteiger partial charge is 0.451 e. The molecular formula is C24H29ClN2O5S2. The van der Waals surface area contributed by atoms with Crippen LogP contribution in [0.2, 0.25) is 5.02 Å². The highest BCUT2D eigenvalue weighted by Gasteiger charge is 2.26. The maximum Gasteiger partial charge on any atom is 0.348 e. The molecule has 0 bridgehead atoms. The molecule has 1 aromatic heterocycles. The number of rotatable bonds is 6. The van der Waals surface area contributed by atoms with Crippen molar-refractivity contribution in [1.82, 2.24) is 4.31 Å². The van der Waals surface area contributed by atoms with Gasteiger partial charge in [0.1, 0.15) is 4.88 Å². The second-order valence-electron chi connectivity index (χ2n) is 8.70. The Morgan fingerprint density at radius 1 is 1.00 bits per heavy atom. The molecule has 1 saturated heterocycles. The summed E-state index contributed by atoms with van der Waals surface area (Å²) in [4.78, 5) is 26.7. The number of anilines is 1. The summed E-state index contributed by atoms with van der Waals surface area (Å²) in [7, 11) is -3.69. The van der Waals surface area contributed by atoms with Crippen LogP contribution < -0.4 is 5.32 Å². The second kappa shape index (κ2) is 11.2. The SMILES string of the molecule is O=C(COC(=O)c1cc2c(s1)CCCCC2)Nc1cc(S(=O)(=O)N2CCCCCC2)ccc1Cl. The van der Waals surface area contributed by atoms with Gasteiger partial charge in [0.05, 0.1) is 15.6 Å². The number of carbonyl (C=O) groups is 2. The predicted octanol–water partition coefficient (Wildman–Crippen LogP) is 5.03. The molecular weight excluding hydrogens is 496 g/mol. The Balaban J connectivity index is 1.38. The van der Waals surface area contributed by atoms with Crippen LogP contribution in [-0.4, -0.2) is 44.3 Å². The van der Waals surface area contributed by atoms with Gasteiger partial charge in [-0.3, -0.25) is 4.79 Å². The van der Waals surface area contributed by atoms with Crippen molar-refractivity contribution in [3.05, 3.63) is 44.6 Å². The number of thiophene rings is 1. The van der Waals surface area contributed by atoms with Crippen molar-refractivity contribution in [3.8, 4) is 0 Å². The lowest BCUT2D eigenvalue weighted by molar-refractivity contribution is -0.119. The van der Waals surface area contributed by atoms with Gasteiger partial charge < -0.3 is 10.1 Å². The Bertz CT molecular complexity index is 1130. The average molecular weight is 525 g/mol. The lowest BCUT2D eigenvalue weighted by Gasteiger charge is -2.20. The molecule has 0 spiro atoms. The number of hydrogen-bond acceptors (Lipinski definition) is 6. The van der Waals surface area contributed by atoms with Gasteiger partial charge >= 0.3 is 5.97 Å². The van der Waals surface area contributed by atoms with E-state index < -0.39 is 28.5 Å². The topological polar surface area (TPSA) is 92.8 Å². The van der Waals surface area contributed by atoms with Gasteiger partial charge in [-0.1, -0.05) is 30.9 Å². The molecule has 0 saturated carbocycles. The summed E-state index contributed by atoms with van der Waals surface area (Å²) in [6, 6.07) is 6.13. The van der Waals surface area contributed by atoms with Crippen molar-refractivity contribution in [3.63, 3.8) is 0 Å². The first kappa shape index (κ1) is 25.2. The summed E-state index contributed by atoms with van der Waals surface area (Å²) in [5.74, 6) is -1.12. The van der Waals surface area contributed by atoms with Crippen LogP contribution in [0.5, 0.6) is 0 Å². The van der Waals surface area contributed by atoms with Crippen LogP contribution in [0, 0.1) is 0 Å². The number of hydrogen-bond donors (Lipinski definition) is 1. The summed E-state index contributed by atoms with van der Waals surface area (Å²) in [5, 5.41) is 2.78. The maximum absolute atomic E-state index is 13.1. The monoisotopic (exact) mass is 524 g/mol. The third kappa shape index (κ3) is 6.00. The number of ether oxygens (including phenoxy) is 1. The Kier molecular flexibility index (Phi) is 8.29. The lowest BCUT2D eigenvalue weighted by atomic mass is 10.1. The molecule has 2 aromatic rings. The van der Waals surface area contributed by atoms with Gasteiger partial charge in [0.2, 0.25) is 10.0 Å². The first-order valence-electron chi connectivity index (χ1n) is 11.7. The number of carbonyl (C=O) groups excluding carboxylic acids is 2. The van der Waals surface area contributed by atoms with Crippen LogP contribution in [0.1, 0.15) is 65.1 Å². The Morgan fingerprint density at radius 2 is 1.71 bits per heavy atom. The van der Waals surface area contributed by atoms with Gasteiger partial charge in [0.25, 0.3) is 5.91 Å². The zero-order valence-corrected chi connectivity index (χ0v) is 21.4. The van der Waals surface area contributed by atoms with E-state index in [0.717, 1.165) is 51.4 Å². The number of nitrogens with one attached hydrogen (secondary N) is 1. The molecule has 1 N–H and O–H groups in total. The number of sulfonamides is 1. The third-order valence-electron chi connectivity index (χ3n) is 6.20. The van der Waals surface area contributed by atoms with E-state index in [4.69, 9.17) is 16.3 Å². The van der Waals surface area contributed by atoms with Gasteiger partial charge in [-0.05, 0) is 68.4 Å². The molecule has 34 heavy (non-hydrogen) atoms. The zero-order valence-electron chi connectivity index (χ0n) is 19.0. The molecule has 1 aromatic carbocycles. The number of nitrogens with zero attached hydrogens (tertiary/aromatic N) is 1. The second-order valence-corrected chi connectivity index (χ2v) is 12.2. The fourth-order valence-corrected chi connectivity index (χ4v) is 7.20. The first-order chi connectivity index (χ1) is 16.3. The number of aryl methyl sites for hydroxylation is 2. The maximum atomic E-state index is 13.1. The first-order valence-corrected chi connectivity index (χ1v) is 14.4. The molecule has 2 aliphatic rings. The number of benzene rings is 1. The molecule has 1 aliphatic heterocycles.